The summed E-state index contributed by atoms with van der Waals surface area (Å²) >= 11 is 0. The van der Waals surface area contributed by atoms with E-state index in [0.717, 1.165) is 4.57 Å². The van der Waals surface area contributed by atoms with Crippen LogP contribution in [-0.4, -0.2) is 9.55 Å². The molecule has 2 rings (SSSR count). The Kier molecular flexibility index (Phi) is 5.23. The first-order valence-electron chi connectivity index (χ1n) is 6.11. The number of hydrogen-bond donors (Lipinski definition) is 1. The van der Waals surface area contributed by atoms with Crippen LogP contribution in [0.4, 0.5) is 4.39 Å². The van der Waals surface area contributed by atoms with E-state index in [1.54, 1.807) is 19.1 Å². The maximum atomic E-state index is 12.7. The number of halogens is 1. The zero-order valence-electron chi connectivity index (χ0n) is 11.2. The summed E-state index contributed by atoms with van der Waals surface area (Å²) in [6.45, 7) is 5.76. The van der Waals surface area contributed by atoms with Gasteiger partial charge in [0.15, 0.2) is 0 Å². The van der Waals surface area contributed by atoms with Crippen molar-refractivity contribution in [2.75, 3.05) is 0 Å². The standard InChI is InChI=1S/C12H11FN2O2.C2H6/c1-8-6-14-12(17)15(11(8)16)7-9-2-4-10(13)5-3-9;1-2/h2-6H,7H2,1H3,(H,14,17);1-2H3. The molecule has 0 radical (unpaired) electrons. The highest BCUT2D eigenvalue weighted by atomic mass is 19.1. The predicted molar refractivity (Wildman–Crippen MR) is 72.9 cm³/mol. The van der Waals surface area contributed by atoms with E-state index in [4.69, 9.17) is 0 Å². The Balaban J connectivity index is 0.000000861. The lowest BCUT2D eigenvalue weighted by atomic mass is 10.2. The third-order valence-electron chi connectivity index (χ3n) is 2.49. The molecule has 0 unspecified atom stereocenters. The second kappa shape index (κ2) is 6.68. The molecule has 0 fully saturated rings. The number of nitrogens with one attached hydrogen (secondary N) is 1. The van der Waals surface area contributed by atoms with E-state index in [1.807, 2.05) is 13.8 Å². The third kappa shape index (κ3) is 3.64. The van der Waals surface area contributed by atoms with Crippen molar-refractivity contribution in [2.45, 2.75) is 27.3 Å². The highest BCUT2D eigenvalue weighted by molar-refractivity contribution is 5.16. The Bertz CT molecular complexity index is 642. The first kappa shape index (κ1) is 14.9. The maximum absolute atomic E-state index is 12.7. The molecule has 0 bridgehead atoms. The van der Waals surface area contributed by atoms with Gasteiger partial charge in [-0.2, -0.15) is 0 Å². The van der Waals surface area contributed by atoms with Gasteiger partial charge in [0, 0.05) is 11.8 Å². The first-order valence-corrected chi connectivity index (χ1v) is 6.11. The van der Waals surface area contributed by atoms with Crippen molar-refractivity contribution in [2.24, 2.45) is 0 Å². The van der Waals surface area contributed by atoms with E-state index >= 15 is 0 Å². The first-order chi connectivity index (χ1) is 9.08. The summed E-state index contributed by atoms with van der Waals surface area (Å²) in [7, 11) is 0. The minimum atomic E-state index is -0.468. The number of rotatable bonds is 2. The van der Waals surface area contributed by atoms with E-state index in [9.17, 15) is 14.0 Å². The Morgan fingerprint density at radius 3 is 2.32 bits per heavy atom. The molecule has 0 aliphatic rings. The van der Waals surface area contributed by atoms with Gasteiger partial charge in [-0.05, 0) is 24.6 Å². The molecule has 1 aromatic heterocycles. The van der Waals surface area contributed by atoms with Crippen molar-refractivity contribution in [1.82, 2.24) is 9.55 Å². The molecule has 0 atom stereocenters. The lowest BCUT2D eigenvalue weighted by Crippen LogP contribution is -2.36. The molecule has 1 aromatic carbocycles. The molecule has 0 saturated heterocycles. The number of aromatic amines is 1. The van der Waals surface area contributed by atoms with Crippen LogP contribution in [-0.2, 0) is 6.54 Å². The zero-order valence-corrected chi connectivity index (χ0v) is 11.2. The van der Waals surface area contributed by atoms with Crippen molar-refractivity contribution in [1.29, 1.82) is 0 Å². The second-order valence-electron chi connectivity index (χ2n) is 3.79. The normalized spacial score (nSPS) is 9.68. The lowest BCUT2D eigenvalue weighted by molar-refractivity contribution is 0.625. The fraction of sp³-hybridized carbons (Fsp3) is 0.286. The quantitative estimate of drug-likeness (QED) is 0.902. The number of benzene rings is 1. The van der Waals surface area contributed by atoms with Gasteiger partial charge in [0.2, 0.25) is 0 Å². The number of H-pyrrole nitrogens is 1. The SMILES string of the molecule is CC.Cc1c[nH]c(=O)n(Cc2ccc(F)cc2)c1=O. The molecule has 1 N–H and O–H groups in total. The van der Waals surface area contributed by atoms with Gasteiger partial charge in [0.1, 0.15) is 5.82 Å². The summed E-state index contributed by atoms with van der Waals surface area (Å²) in [5.74, 6) is -0.348. The molecule has 102 valence electrons. The number of nitrogens with zero attached hydrogens (tertiary/aromatic N) is 1. The van der Waals surface area contributed by atoms with Crippen molar-refractivity contribution >= 4 is 0 Å². The number of aryl methyl sites for hydroxylation is 1. The van der Waals surface area contributed by atoms with E-state index in [0.29, 0.717) is 11.1 Å². The molecule has 0 spiro atoms. The van der Waals surface area contributed by atoms with Crippen molar-refractivity contribution in [3.63, 3.8) is 0 Å². The van der Waals surface area contributed by atoms with Crippen LogP contribution in [0.2, 0.25) is 0 Å². The molecule has 5 heteroatoms. The predicted octanol–water partition coefficient (Wildman–Crippen LogP) is 2.06. The largest absolute Gasteiger partial charge is 0.328 e. The maximum Gasteiger partial charge on any atom is 0.328 e. The van der Waals surface area contributed by atoms with Gasteiger partial charge >= 0.3 is 5.69 Å². The van der Waals surface area contributed by atoms with Crippen LogP contribution >= 0.6 is 0 Å². The van der Waals surface area contributed by atoms with Crippen molar-refractivity contribution in [3.8, 4) is 0 Å². The van der Waals surface area contributed by atoms with E-state index < -0.39 is 5.69 Å². The van der Waals surface area contributed by atoms with Crippen LogP contribution < -0.4 is 11.2 Å². The summed E-state index contributed by atoms with van der Waals surface area (Å²) in [6, 6.07) is 5.68. The smallest absolute Gasteiger partial charge is 0.314 e. The minimum absolute atomic E-state index is 0.135. The van der Waals surface area contributed by atoms with Crippen molar-refractivity contribution in [3.05, 3.63) is 68.2 Å². The van der Waals surface area contributed by atoms with Gasteiger partial charge in [-0.1, -0.05) is 26.0 Å². The molecule has 0 aliphatic heterocycles. The monoisotopic (exact) mass is 264 g/mol. The van der Waals surface area contributed by atoms with Crippen LogP contribution in [0.1, 0.15) is 25.0 Å². The highest BCUT2D eigenvalue weighted by Gasteiger charge is 2.04. The third-order valence-corrected chi connectivity index (χ3v) is 2.49. The fourth-order valence-corrected chi connectivity index (χ4v) is 1.53. The fourth-order valence-electron chi connectivity index (χ4n) is 1.53. The average molecular weight is 264 g/mol. The summed E-state index contributed by atoms with van der Waals surface area (Å²) in [6.07, 6.45) is 1.38. The molecule has 0 amide bonds. The molecular formula is C14H17FN2O2. The molecule has 1 heterocycles. The average Bonchev–Trinajstić information content (AvgIpc) is 2.44. The molecule has 4 nitrogen and oxygen atoms in total. The number of hydrogen-bond acceptors (Lipinski definition) is 2. The number of aromatic nitrogens is 2. The van der Waals surface area contributed by atoms with Gasteiger partial charge in [0.05, 0.1) is 6.54 Å². The van der Waals surface area contributed by atoms with E-state index in [1.165, 1.54) is 18.3 Å². The van der Waals surface area contributed by atoms with Crippen LogP contribution in [0.3, 0.4) is 0 Å². The van der Waals surface area contributed by atoms with Gasteiger partial charge in [-0.25, -0.2) is 9.18 Å². The Morgan fingerprint density at radius 1 is 1.16 bits per heavy atom. The Morgan fingerprint density at radius 2 is 1.74 bits per heavy atom. The summed E-state index contributed by atoms with van der Waals surface area (Å²) < 4.78 is 13.8. The second-order valence-corrected chi connectivity index (χ2v) is 3.79. The molecule has 0 saturated carbocycles. The Hall–Kier alpha value is -2.17. The molecular weight excluding hydrogens is 247 g/mol. The highest BCUT2D eigenvalue weighted by Crippen LogP contribution is 2.02. The Labute approximate surface area is 110 Å². The van der Waals surface area contributed by atoms with Crippen LogP contribution in [0.25, 0.3) is 0 Å². The summed E-state index contributed by atoms with van der Waals surface area (Å²) in [5, 5.41) is 0. The topological polar surface area (TPSA) is 54.9 Å². The van der Waals surface area contributed by atoms with Gasteiger partial charge in [0.25, 0.3) is 5.56 Å². The van der Waals surface area contributed by atoms with E-state index in [-0.39, 0.29) is 17.9 Å². The van der Waals surface area contributed by atoms with Gasteiger partial charge < -0.3 is 4.98 Å². The lowest BCUT2D eigenvalue weighted by Gasteiger charge is -2.05. The van der Waals surface area contributed by atoms with Gasteiger partial charge in [-0.3, -0.25) is 9.36 Å². The van der Waals surface area contributed by atoms with Crippen LogP contribution in [0.15, 0.2) is 40.1 Å². The van der Waals surface area contributed by atoms with Crippen LogP contribution in [0.5, 0.6) is 0 Å². The molecule has 0 aliphatic carbocycles. The van der Waals surface area contributed by atoms with E-state index in [2.05, 4.69) is 4.98 Å². The summed E-state index contributed by atoms with van der Waals surface area (Å²) in [5.41, 5.74) is 0.360. The van der Waals surface area contributed by atoms with Crippen molar-refractivity contribution < 1.29 is 4.39 Å². The minimum Gasteiger partial charge on any atom is -0.314 e. The van der Waals surface area contributed by atoms with Crippen LogP contribution in [0, 0.1) is 12.7 Å². The summed E-state index contributed by atoms with van der Waals surface area (Å²) in [4.78, 5) is 25.7. The van der Waals surface area contributed by atoms with Gasteiger partial charge in [-0.15, -0.1) is 0 Å². The molecule has 19 heavy (non-hydrogen) atoms. The zero-order chi connectivity index (χ0) is 14.4. The molecule has 2 aromatic rings.